The molecule has 0 unspecified atom stereocenters. The van der Waals surface area contributed by atoms with Crippen LogP contribution in [0.25, 0.3) is 6.08 Å². The van der Waals surface area contributed by atoms with Crippen LogP contribution in [-0.4, -0.2) is 23.1 Å². The topological polar surface area (TPSA) is 66.8 Å². The second-order valence-electron chi connectivity index (χ2n) is 6.36. The Kier molecular flexibility index (Phi) is 6.23. The predicted molar refractivity (Wildman–Crippen MR) is 99.3 cm³/mol. The van der Waals surface area contributed by atoms with E-state index in [2.05, 4.69) is 13.8 Å². The lowest BCUT2D eigenvalue weighted by atomic mass is 9.97. The monoisotopic (exact) mass is 340 g/mol. The van der Waals surface area contributed by atoms with Gasteiger partial charge in [0.25, 0.3) is 0 Å². The van der Waals surface area contributed by atoms with Crippen LogP contribution in [0.4, 0.5) is 0 Å². The third-order valence-electron chi connectivity index (χ3n) is 4.02. The summed E-state index contributed by atoms with van der Waals surface area (Å²) >= 11 is 0. The second kappa shape index (κ2) is 8.38. The van der Waals surface area contributed by atoms with Gasteiger partial charge in [0, 0.05) is 5.56 Å². The highest BCUT2D eigenvalue weighted by Crippen LogP contribution is 2.33. The standard InChI is InChI=1S/C21H24O4/c1-14(2)4-10-18-20(25-3)13-11-17(21(18)24)19(23)12-7-15-5-8-16(22)9-6-15/h5-9,11-14,22,24H,4,10H2,1-3H3. The van der Waals surface area contributed by atoms with Crippen LogP contribution in [0.2, 0.25) is 0 Å². The molecule has 4 heteroatoms. The van der Waals surface area contributed by atoms with Crippen molar-refractivity contribution in [3.8, 4) is 17.2 Å². The molecule has 0 spiro atoms. The van der Waals surface area contributed by atoms with E-state index in [9.17, 15) is 15.0 Å². The van der Waals surface area contributed by atoms with Crippen molar-refractivity contribution in [1.82, 2.24) is 0 Å². The molecule has 0 aliphatic heterocycles. The maximum atomic E-state index is 12.5. The molecule has 2 aromatic rings. The molecule has 25 heavy (non-hydrogen) atoms. The molecule has 0 radical (unpaired) electrons. The number of aromatic hydroxyl groups is 2. The van der Waals surface area contributed by atoms with Crippen LogP contribution in [0, 0.1) is 5.92 Å². The fourth-order valence-corrected chi connectivity index (χ4v) is 2.53. The number of carbonyl (C=O) groups is 1. The van der Waals surface area contributed by atoms with Crippen LogP contribution in [0.5, 0.6) is 17.2 Å². The molecule has 0 bridgehead atoms. The first-order valence-corrected chi connectivity index (χ1v) is 8.32. The molecular weight excluding hydrogens is 316 g/mol. The maximum absolute atomic E-state index is 12.5. The molecule has 2 N–H and O–H groups in total. The van der Waals surface area contributed by atoms with Gasteiger partial charge >= 0.3 is 0 Å². The van der Waals surface area contributed by atoms with Gasteiger partial charge in [0.15, 0.2) is 5.78 Å². The summed E-state index contributed by atoms with van der Waals surface area (Å²) in [7, 11) is 1.56. The Bertz CT molecular complexity index is 758. The minimum atomic E-state index is -0.279. The van der Waals surface area contributed by atoms with Crippen molar-refractivity contribution in [2.45, 2.75) is 26.7 Å². The zero-order valence-corrected chi connectivity index (χ0v) is 14.8. The third kappa shape index (κ3) is 4.86. The minimum absolute atomic E-state index is 0.0136. The van der Waals surface area contributed by atoms with Gasteiger partial charge in [-0.2, -0.15) is 0 Å². The average Bonchev–Trinajstić information content (AvgIpc) is 2.59. The van der Waals surface area contributed by atoms with Gasteiger partial charge in [0.2, 0.25) is 0 Å². The van der Waals surface area contributed by atoms with Gasteiger partial charge in [0.1, 0.15) is 17.2 Å². The Hall–Kier alpha value is -2.75. The lowest BCUT2D eigenvalue weighted by molar-refractivity contribution is 0.104. The normalized spacial score (nSPS) is 11.2. The Morgan fingerprint density at radius 1 is 1.12 bits per heavy atom. The molecular formula is C21H24O4. The van der Waals surface area contributed by atoms with Gasteiger partial charge in [0.05, 0.1) is 12.7 Å². The number of phenols is 2. The molecule has 132 valence electrons. The Labute approximate surface area is 148 Å². The summed E-state index contributed by atoms with van der Waals surface area (Å²) in [5.74, 6) is 0.959. The second-order valence-corrected chi connectivity index (χ2v) is 6.36. The number of methoxy groups -OCH3 is 1. The van der Waals surface area contributed by atoms with Crippen molar-refractivity contribution in [2.75, 3.05) is 7.11 Å². The largest absolute Gasteiger partial charge is 0.508 e. The molecule has 0 saturated carbocycles. The SMILES string of the molecule is COc1ccc(C(=O)C=Cc2ccc(O)cc2)c(O)c1CCC(C)C. The first kappa shape index (κ1) is 18.6. The van der Waals surface area contributed by atoms with Crippen LogP contribution >= 0.6 is 0 Å². The number of allylic oxidation sites excluding steroid dienone is 1. The predicted octanol–water partition coefficient (Wildman–Crippen LogP) is 4.59. The van der Waals surface area contributed by atoms with Crippen molar-refractivity contribution in [1.29, 1.82) is 0 Å². The zero-order valence-electron chi connectivity index (χ0n) is 14.8. The molecule has 0 aliphatic carbocycles. The van der Waals surface area contributed by atoms with Crippen LogP contribution in [-0.2, 0) is 6.42 Å². The van der Waals surface area contributed by atoms with E-state index in [1.807, 2.05) is 0 Å². The van der Waals surface area contributed by atoms with Crippen molar-refractivity contribution in [3.05, 3.63) is 59.2 Å². The van der Waals surface area contributed by atoms with E-state index in [1.165, 1.54) is 6.08 Å². The Balaban J connectivity index is 2.26. The van der Waals surface area contributed by atoms with Crippen molar-refractivity contribution >= 4 is 11.9 Å². The lowest BCUT2D eigenvalue weighted by Crippen LogP contribution is -2.02. The van der Waals surface area contributed by atoms with Gasteiger partial charge in [-0.1, -0.05) is 32.1 Å². The fourth-order valence-electron chi connectivity index (χ4n) is 2.53. The number of phenolic OH excluding ortho intramolecular Hbond substituents is 2. The highest BCUT2D eigenvalue weighted by atomic mass is 16.5. The first-order chi connectivity index (χ1) is 11.9. The molecule has 4 nitrogen and oxygen atoms in total. The average molecular weight is 340 g/mol. The van der Waals surface area contributed by atoms with E-state index in [0.717, 1.165) is 12.0 Å². The molecule has 0 atom stereocenters. The summed E-state index contributed by atoms with van der Waals surface area (Å²) in [6.07, 6.45) is 4.61. The number of rotatable bonds is 7. The molecule has 0 amide bonds. The Morgan fingerprint density at radius 3 is 2.40 bits per heavy atom. The van der Waals surface area contributed by atoms with Gasteiger partial charge < -0.3 is 14.9 Å². The van der Waals surface area contributed by atoms with E-state index in [0.29, 0.717) is 23.7 Å². The van der Waals surface area contributed by atoms with Crippen molar-refractivity contribution in [3.63, 3.8) is 0 Å². The van der Waals surface area contributed by atoms with E-state index in [1.54, 1.807) is 49.6 Å². The van der Waals surface area contributed by atoms with Crippen LogP contribution in [0.1, 0.15) is 41.8 Å². The molecule has 0 aromatic heterocycles. The Morgan fingerprint density at radius 2 is 1.80 bits per heavy atom. The number of hydrogen-bond acceptors (Lipinski definition) is 4. The summed E-state index contributed by atoms with van der Waals surface area (Å²) in [6, 6.07) is 9.83. The molecule has 2 aromatic carbocycles. The summed E-state index contributed by atoms with van der Waals surface area (Å²) in [6.45, 7) is 4.22. The number of hydrogen-bond donors (Lipinski definition) is 2. The quantitative estimate of drug-likeness (QED) is 0.571. The third-order valence-corrected chi connectivity index (χ3v) is 4.02. The van der Waals surface area contributed by atoms with Crippen LogP contribution < -0.4 is 4.74 Å². The van der Waals surface area contributed by atoms with Crippen LogP contribution in [0.3, 0.4) is 0 Å². The van der Waals surface area contributed by atoms with E-state index < -0.39 is 0 Å². The highest BCUT2D eigenvalue weighted by molar-refractivity contribution is 6.09. The number of ether oxygens (including phenoxy) is 1. The van der Waals surface area contributed by atoms with E-state index in [-0.39, 0.29) is 22.8 Å². The maximum Gasteiger partial charge on any atom is 0.189 e. The highest BCUT2D eigenvalue weighted by Gasteiger charge is 2.17. The van der Waals surface area contributed by atoms with E-state index >= 15 is 0 Å². The summed E-state index contributed by atoms with van der Waals surface area (Å²) in [5, 5.41) is 19.8. The number of ketones is 1. The number of benzene rings is 2. The molecule has 0 fully saturated rings. The summed E-state index contributed by atoms with van der Waals surface area (Å²) in [4.78, 5) is 12.5. The van der Waals surface area contributed by atoms with Gasteiger partial charge in [-0.25, -0.2) is 0 Å². The fraction of sp³-hybridized carbons (Fsp3) is 0.286. The molecule has 2 rings (SSSR count). The van der Waals surface area contributed by atoms with Gasteiger partial charge in [-0.3, -0.25) is 4.79 Å². The van der Waals surface area contributed by atoms with Crippen molar-refractivity contribution < 1.29 is 19.7 Å². The molecule has 0 aliphatic rings. The number of carbonyl (C=O) groups excluding carboxylic acids is 1. The smallest absolute Gasteiger partial charge is 0.189 e. The minimum Gasteiger partial charge on any atom is -0.508 e. The van der Waals surface area contributed by atoms with Gasteiger partial charge in [-0.05, 0) is 54.7 Å². The lowest BCUT2D eigenvalue weighted by Gasteiger charge is -2.14. The zero-order chi connectivity index (χ0) is 18.4. The molecule has 0 saturated heterocycles. The molecule has 0 heterocycles. The van der Waals surface area contributed by atoms with E-state index in [4.69, 9.17) is 4.74 Å². The first-order valence-electron chi connectivity index (χ1n) is 8.32. The van der Waals surface area contributed by atoms with Gasteiger partial charge in [-0.15, -0.1) is 0 Å². The van der Waals surface area contributed by atoms with Crippen LogP contribution in [0.15, 0.2) is 42.5 Å². The summed E-state index contributed by atoms with van der Waals surface area (Å²) in [5.41, 5.74) is 1.72. The van der Waals surface area contributed by atoms with Crippen molar-refractivity contribution in [2.24, 2.45) is 5.92 Å². The summed E-state index contributed by atoms with van der Waals surface area (Å²) < 4.78 is 5.32.